The van der Waals surface area contributed by atoms with Crippen LogP contribution in [0.3, 0.4) is 0 Å². The number of hydrogen-bond acceptors (Lipinski definition) is 2. The van der Waals surface area contributed by atoms with Gasteiger partial charge in [0.2, 0.25) is 0 Å². The van der Waals surface area contributed by atoms with Gasteiger partial charge in [0.1, 0.15) is 11.5 Å². The Balaban J connectivity index is 1.53. The zero-order valence-corrected chi connectivity index (χ0v) is 16.6. The minimum Gasteiger partial charge on any atom is -0.350 e. The molecule has 1 aliphatic carbocycles. The maximum Gasteiger partial charge on any atom is 0.272 e. The van der Waals surface area contributed by atoms with Crippen LogP contribution >= 0.6 is 0 Å². The Bertz CT molecular complexity index is 985. The minimum absolute atomic E-state index is 0.260. The average Bonchev–Trinajstić information content (AvgIpc) is 3.33. The molecule has 2 atom stereocenters. The van der Waals surface area contributed by atoms with Gasteiger partial charge in [-0.1, -0.05) is 18.2 Å². The van der Waals surface area contributed by atoms with Gasteiger partial charge in [-0.05, 0) is 81.6 Å². The van der Waals surface area contributed by atoms with Crippen LogP contribution in [0.15, 0.2) is 42.5 Å². The SMILES string of the molecule is Cc1ccc(F)c2cc(C(=O)Nc3cccc([C@H]4CC[C@H](N(C)C)C4)c3)[nH]c12. The van der Waals surface area contributed by atoms with Crippen LogP contribution in [0.2, 0.25) is 0 Å². The number of halogens is 1. The fourth-order valence-electron chi connectivity index (χ4n) is 4.25. The Labute approximate surface area is 164 Å². The molecule has 0 bridgehead atoms. The highest BCUT2D eigenvalue weighted by atomic mass is 19.1. The number of fused-ring (bicyclic) bond motifs is 1. The molecule has 146 valence electrons. The second-order valence-electron chi connectivity index (χ2n) is 8.04. The number of aromatic nitrogens is 1. The summed E-state index contributed by atoms with van der Waals surface area (Å²) in [7, 11) is 4.27. The molecule has 3 aromatic rings. The van der Waals surface area contributed by atoms with Crippen molar-refractivity contribution in [2.24, 2.45) is 0 Å². The first-order chi connectivity index (χ1) is 13.4. The lowest BCUT2D eigenvalue weighted by Gasteiger charge is -2.19. The van der Waals surface area contributed by atoms with E-state index in [1.165, 1.54) is 24.5 Å². The predicted octanol–water partition coefficient (Wildman–Crippen LogP) is 5.07. The quantitative estimate of drug-likeness (QED) is 0.665. The lowest BCUT2D eigenvalue weighted by Crippen LogP contribution is -2.24. The van der Waals surface area contributed by atoms with Crippen molar-refractivity contribution in [3.05, 3.63) is 65.1 Å². The summed E-state index contributed by atoms with van der Waals surface area (Å²) in [4.78, 5) is 18.1. The van der Waals surface area contributed by atoms with Gasteiger partial charge in [0.25, 0.3) is 5.91 Å². The molecule has 1 heterocycles. The molecule has 4 rings (SSSR count). The smallest absolute Gasteiger partial charge is 0.272 e. The average molecular weight is 379 g/mol. The van der Waals surface area contributed by atoms with Gasteiger partial charge in [0, 0.05) is 17.1 Å². The first-order valence-electron chi connectivity index (χ1n) is 9.78. The summed E-state index contributed by atoms with van der Waals surface area (Å²) in [6.45, 7) is 1.89. The van der Waals surface area contributed by atoms with E-state index in [2.05, 4.69) is 41.4 Å². The van der Waals surface area contributed by atoms with Gasteiger partial charge in [-0.25, -0.2) is 4.39 Å². The number of benzene rings is 2. The van der Waals surface area contributed by atoms with Gasteiger partial charge in [-0.3, -0.25) is 4.79 Å². The fraction of sp³-hybridized carbons (Fsp3) is 0.348. The zero-order chi connectivity index (χ0) is 19.8. The number of aryl methyl sites for hydroxylation is 1. The van der Waals surface area contributed by atoms with Gasteiger partial charge in [-0.15, -0.1) is 0 Å². The van der Waals surface area contributed by atoms with Crippen molar-refractivity contribution in [3.63, 3.8) is 0 Å². The number of anilines is 1. The summed E-state index contributed by atoms with van der Waals surface area (Å²) in [6, 6.07) is 13.4. The normalized spacial score (nSPS) is 19.5. The Morgan fingerprint density at radius 1 is 1.18 bits per heavy atom. The third-order valence-electron chi connectivity index (χ3n) is 5.94. The first kappa shape index (κ1) is 18.7. The largest absolute Gasteiger partial charge is 0.350 e. The standard InChI is InChI=1S/C23H26FN3O/c1-14-7-10-20(24)19-13-21(26-22(14)19)23(28)25-17-6-4-5-15(11-17)16-8-9-18(12-16)27(2)3/h4-7,10-11,13,16,18,26H,8-9,12H2,1-3H3,(H,25,28)/t16-,18-/m0/s1. The van der Waals surface area contributed by atoms with Crippen molar-refractivity contribution < 1.29 is 9.18 Å². The summed E-state index contributed by atoms with van der Waals surface area (Å²) in [5.41, 5.74) is 3.98. The first-order valence-corrected chi connectivity index (χ1v) is 9.78. The molecule has 4 nitrogen and oxygen atoms in total. The van der Waals surface area contributed by atoms with E-state index in [9.17, 15) is 9.18 Å². The predicted molar refractivity (Wildman–Crippen MR) is 111 cm³/mol. The lowest BCUT2D eigenvalue weighted by molar-refractivity contribution is 0.102. The second kappa shape index (κ2) is 7.40. The molecule has 0 spiro atoms. The van der Waals surface area contributed by atoms with Crippen LogP contribution in [0, 0.1) is 12.7 Å². The minimum atomic E-state index is -0.324. The molecular weight excluding hydrogens is 353 g/mol. The summed E-state index contributed by atoms with van der Waals surface area (Å²) < 4.78 is 14.0. The molecule has 2 aromatic carbocycles. The van der Waals surface area contributed by atoms with Crippen LogP contribution in [0.5, 0.6) is 0 Å². The fourth-order valence-corrected chi connectivity index (χ4v) is 4.25. The monoisotopic (exact) mass is 379 g/mol. The molecule has 5 heteroatoms. The van der Waals surface area contributed by atoms with Gasteiger partial charge >= 0.3 is 0 Å². The molecular formula is C23H26FN3O. The van der Waals surface area contributed by atoms with E-state index in [0.29, 0.717) is 28.6 Å². The summed E-state index contributed by atoms with van der Waals surface area (Å²) in [5.74, 6) is -0.0617. The Hall–Kier alpha value is -2.66. The number of amides is 1. The second-order valence-corrected chi connectivity index (χ2v) is 8.04. The molecule has 1 amide bonds. The van der Waals surface area contributed by atoms with Crippen LogP contribution in [-0.2, 0) is 0 Å². The number of nitrogens with one attached hydrogen (secondary N) is 2. The van der Waals surface area contributed by atoms with E-state index in [1.54, 1.807) is 12.1 Å². The topological polar surface area (TPSA) is 48.1 Å². The highest BCUT2D eigenvalue weighted by molar-refractivity contribution is 6.06. The molecule has 1 saturated carbocycles. The van der Waals surface area contributed by atoms with E-state index in [1.807, 2.05) is 19.1 Å². The van der Waals surface area contributed by atoms with Crippen molar-refractivity contribution in [1.82, 2.24) is 9.88 Å². The van der Waals surface area contributed by atoms with Crippen molar-refractivity contribution >= 4 is 22.5 Å². The van der Waals surface area contributed by atoms with Crippen molar-refractivity contribution in [2.45, 2.75) is 38.1 Å². The lowest BCUT2D eigenvalue weighted by atomic mass is 9.97. The summed E-state index contributed by atoms with van der Waals surface area (Å²) in [6.07, 6.45) is 3.51. The van der Waals surface area contributed by atoms with E-state index in [-0.39, 0.29) is 11.7 Å². The number of rotatable bonds is 4. The molecule has 1 aliphatic rings. The van der Waals surface area contributed by atoms with E-state index in [4.69, 9.17) is 0 Å². The highest BCUT2D eigenvalue weighted by Gasteiger charge is 2.27. The van der Waals surface area contributed by atoms with Gasteiger partial charge in [0.05, 0.1) is 5.52 Å². The van der Waals surface area contributed by atoms with Crippen molar-refractivity contribution in [3.8, 4) is 0 Å². The molecule has 0 saturated heterocycles. The van der Waals surface area contributed by atoms with E-state index >= 15 is 0 Å². The number of nitrogens with zero attached hydrogens (tertiary/aromatic N) is 1. The number of carbonyl (C=O) groups is 1. The Kier molecular flexibility index (Phi) is 4.94. The number of carbonyl (C=O) groups excluding carboxylic acids is 1. The molecule has 0 radical (unpaired) electrons. The van der Waals surface area contributed by atoms with Crippen LogP contribution in [0.25, 0.3) is 10.9 Å². The van der Waals surface area contributed by atoms with Gasteiger partial charge in [0.15, 0.2) is 0 Å². The van der Waals surface area contributed by atoms with Crippen molar-refractivity contribution in [2.75, 3.05) is 19.4 Å². The summed E-state index contributed by atoms with van der Waals surface area (Å²) in [5, 5.41) is 3.40. The molecule has 28 heavy (non-hydrogen) atoms. The number of H-pyrrole nitrogens is 1. The van der Waals surface area contributed by atoms with Gasteiger partial charge in [-0.2, -0.15) is 0 Å². The Morgan fingerprint density at radius 2 is 2.00 bits per heavy atom. The Morgan fingerprint density at radius 3 is 2.71 bits per heavy atom. The third kappa shape index (κ3) is 3.54. The van der Waals surface area contributed by atoms with Crippen LogP contribution in [-0.4, -0.2) is 35.9 Å². The molecule has 2 N–H and O–H groups in total. The maximum absolute atomic E-state index is 14.0. The van der Waals surface area contributed by atoms with E-state index in [0.717, 1.165) is 17.7 Å². The van der Waals surface area contributed by atoms with Crippen LogP contribution < -0.4 is 5.32 Å². The van der Waals surface area contributed by atoms with Crippen LogP contribution in [0.1, 0.15) is 46.8 Å². The molecule has 1 aromatic heterocycles. The maximum atomic E-state index is 14.0. The molecule has 1 fully saturated rings. The molecule has 0 aliphatic heterocycles. The van der Waals surface area contributed by atoms with E-state index < -0.39 is 0 Å². The van der Waals surface area contributed by atoms with Crippen molar-refractivity contribution in [1.29, 1.82) is 0 Å². The van der Waals surface area contributed by atoms with Crippen LogP contribution in [0.4, 0.5) is 10.1 Å². The number of aromatic amines is 1. The highest BCUT2D eigenvalue weighted by Crippen LogP contribution is 2.37. The zero-order valence-electron chi connectivity index (χ0n) is 16.6. The van der Waals surface area contributed by atoms with Gasteiger partial charge < -0.3 is 15.2 Å². The third-order valence-corrected chi connectivity index (χ3v) is 5.94. The molecule has 0 unspecified atom stereocenters. The summed E-state index contributed by atoms with van der Waals surface area (Å²) >= 11 is 0. The number of hydrogen-bond donors (Lipinski definition) is 2.